The zero-order valence-electron chi connectivity index (χ0n) is 17.5. The average molecular weight is 405 g/mol. The van der Waals surface area contributed by atoms with E-state index in [9.17, 15) is 14.4 Å². The Morgan fingerprint density at radius 1 is 1.07 bits per heavy atom. The lowest BCUT2D eigenvalue weighted by Gasteiger charge is -2.15. The number of rotatable bonds is 12. The van der Waals surface area contributed by atoms with Crippen LogP contribution in [-0.4, -0.2) is 37.7 Å². The molecule has 2 N–H and O–H groups in total. The van der Waals surface area contributed by atoms with Crippen LogP contribution in [0.25, 0.3) is 0 Å². The summed E-state index contributed by atoms with van der Waals surface area (Å²) in [6, 6.07) is 8.81. The van der Waals surface area contributed by atoms with E-state index in [0.29, 0.717) is 25.8 Å². The molecule has 0 aliphatic rings. The largest absolute Gasteiger partial charge is 0.467 e. The maximum atomic E-state index is 12.1. The van der Waals surface area contributed by atoms with Gasteiger partial charge in [0.15, 0.2) is 0 Å². The third-order valence-corrected chi connectivity index (χ3v) is 4.15. The van der Waals surface area contributed by atoms with E-state index < -0.39 is 18.1 Å². The van der Waals surface area contributed by atoms with Gasteiger partial charge in [0.25, 0.3) is 0 Å². The van der Waals surface area contributed by atoms with Crippen LogP contribution >= 0.6 is 0 Å². The zero-order valence-corrected chi connectivity index (χ0v) is 17.5. The predicted molar refractivity (Wildman–Crippen MR) is 111 cm³/mol. The smallest absolute Gasteiger partial charge is 0.407 e. The van der Waals surface area contributed by atoms with E-state index in [-0.39, 0.29) is 12.5 Å². The number of esters is 1. The molecule has 0 spiro atoms. The first-order valence-electron chi connectivity index (χ1n) is 9.87. The van der Waals surface area contributed by atoms with E-state index in [1.165, 1.54) is 7.11 Å². The average Bonchev–Trinajstić information content (AvgIpc) is 2.72. The Hall–Kier alpha value is -2.83. The Bertz CT molecular complexity index is 669. The van der Waals surface area contributed by atoms with Crippen LogP contribution in [0.1, 0.15) is 51.5 Å². The van der Waals surface area contributed by atoms with Gasteiger partial charge in [-0.3, -0.25) is 4.79 Å². The van der Waals surface area contributed by atoms with Gasteiger partial charge in [0.2, 0.25) is 5.91 Å². The van der Waals surface area contributed by atoms with Gasteiger partial charge < -0.3 is 20.1 Å². The molecule has 0 aromatic heterocycles. The summed E-state index contributed by atoms with van der Waals surface area (Å²) in [7, 11) is 1.31. The zero-order chi connectivity index (χ0) is 21.5. The van der Waals surface area contributed by atoms with E-state index in [0.717, 1.165) is 24.0 Å². The Balaban J connectivity index is 2.14. The van der Waals surface area contributed by atoms with Gasteiger partial charge in [-0.15, -0.1) is 0 Å². The summed E-state index contributed by atoms with van der Waals surface area (Å²) in [5.41, 5.74) is 2.01. The van der Waals surface area contributed by atoms with Crippen LogP contribution in [0.2, 0.25) is 0 Å². The summed E-state index contributed by atoms with van der Waals surface area (Å²) >= 11 is 0. The van der Waals surface area contributed by atoms with Gasteiger partial charge in [-0.1, -0.05) is 48.4 Å². The van der Waals surface area contributed by atoms with E-state index in [1.807, 2.05) is 50.3 Å². The highest BCUT2D eigenvalue weighted by atomic mass is 16.5. The van der Waals surface area contributed by atoms with Gasteiger partial charge in [0.05, 0.1) is 7.11 Å². The fourth-order valence-corrected chi connectivity index (χ4v) is 2.53. The maximum absolute atomic E-state index is 12.1. The van der Waals surface area contributed by atoms with Crippen LogP contribution < -0.4 is 10.6 Å². The van der Waals surface area contributed by atoms with Crippen molar-refractivity contribution >= 4 is 18.0 Å². The first kappa shape index (κ1) is 24.2. The van der Waals surface area contributed by atoms with Gasteiger partial charge in [-0.2, -0.15) is 0 Å². The molecule has 0 fully saturated rings. The molecule has 0 aliphatic carbocycles. The molecule has 0 unspecified atom stereocenters. The lowest BCUT2D eigenvalue weighted by atomic mass is 10.1. The number of nitrogens with one attached hydrogen (secondary N) is 2. The molecule has 1 atom stereocenters. The molecule has 0 bridgehead atoms. The summed E-state index contributed by atoms with van der Waals surface area (Å²) in [6.45, 7) is 4.59. The van der Waals surface area contributed by atoms with Crippen molar-refractivity contribution in [1.82, 2.24) is 10.6 Å². The van der Waals surface area contributed by atoms with Gasteiger partial charge in [-0.25, -0.2) is 9.59 Å². The molecule has 0 aliphatic heterocycles. The molecule has 0 saturated carbocycles. The van der Waals surface area contributed by atoms with Crippen molar-refractivity contribution in [1.29, 1.82) is 0 Å². The van der Waals surface area contributed by atoms with Crippen molar-refractivity contribution in [2.75, 3.05) is 13.7 Å². The Labute approximate surface area is 172 Å². The minimum Gasteiger partial charge on any atom is -0.467 e. The van der Waals surface area contributed by atoms with Crippen LogP contribution in [0, 0.1) is 0 Å². The fourth-order valence-electron chi connectivity index (χ4n) is 2.53. The molecule has 2 amide bonds. The normalized spacial score (nSPS) is 11.1. The minimum atomic E-state index is -0.663. The highest BCUT2D eigenvalue weighted by Crippen LogP contribution is 2.04. The third kappa shape index (κ3) is 11.6. The number of hydrogen-bond acceptors (Lipinski definition) is 5. The molecule has 1 rings (SSSR count). The lowest BCUT2D eigenvalue weighted by molar-refractivity contribution is -0.145. The van der Waals surface area contributed by atoms with Gasteiger partial charge in [0.1, 0.15) is 12.6 Å². The number of carbonyl (C=O) groups excluding carboxylic acids is 3. The van der Waals surface area contributed by atoms with Gasteiger partial charge in [0, 0.05) is 13.0 Å². The van der Waals surface area contributed by atoms with Crippen LogP contribution in [0.4, 0.5) is 4.79 Å². The van der Waals surface area contributed by atoms with Crippen molar-refractivity contribution in [3.63, 3.8) is 0 Å². The third-order valence-electron chi connectivity index (χ3n) is 4.15. The number of methoxy groups -OCH3 is 1. The first-order valence-corrected chi connectivity index (χ1v) is 9.87. The van der Waals surface area contributed by atoms with Crippen LogP contribution in [0.5, 0.6) is 0 Å². The summed E-state index contributed by atoms with van der Waals surface area (Å²) in [5, 5.41) is 5.41. The van der Waals surface area contributed by atoms with Crippen molar-refractivity contribution in [3.05, 3.63) is 47.5 Å². The Morgan fingerprint density at radius 3 is 2.45 bits per heavy atom. The number of ether oxygens (including phenoxy) is 2. The first-order chi connectivity index (χ1) is 13.9. The second-order valence-electron chi connectivity index (χ2n) is 6.96. The number of carbonyl (C=O) groups is 3. The quantitative estimate of drug-likeness (QED) is 0.316. The Kier molecular flexibility index (Phi) is 11.9. The molecule has 1 aromatic rings. The topological polar surface area (TPSA) is 93.7 Å². The number of benzene rings is 1. The van der Waals surface area contributed by atoms with Crippen molar-refractivity contribution < 1.29 is 23.9 Å². The predicted octanol–water partition coefficient (Wildman–Crippen LogP) is 3.49. The molecule has 160 valence electrons. The highest BCUT2D eigenvalue weighted by molar-refractivity contribution is 5.84. The van der Waals surface area contributed by atoms with Crippen molar-refractivity contribution in [3.8, 4) is 0 Å². The summed E-state index contributed by atoms with van der Waals surface area (Å²) in [4.78, 5) is 35.4. The number of amides is 2. The Morgan fingerprint density at radius 2 is 1.79 bits per heavy atom. The molecule has 0 radical (unpaired) electrons. The van der Waals surface area contributed by atoms with Crippen molar-refractivity contribution in [2.45, 2.75) is 58.6 Å². The molecular weight excluding hydrogens is 372 g/mol. The molecule has 29 heavy (non-hydrogen) atoms. The molecule has 1 aromatic carbocycles. The second-order valence-corrected chi connectivity index (χ2v) is 6.96. The number of unbranched alkanes of at least 4 members (excludes halogenated alkanes) is 2. The summed E-state index contributed by atoms with van der Waals surface area (Å²) in [6.07, 6.45) is 4.37. The second kappa shape index (κ2) is 14.2. The van der Waals surface area contributed by atoms with E-state index >= 15 is 0 Å². The van der Waals surface area contributed by atoms with Gasteiger partial charge in [-0.05, 0) is 38.7 Å². The van der Waals surface area contributed by atoms with E-state index in [1.54, 1.807) is 0 Å². The molecule has 7 nitrogen and oxygen atoms in total. The summed E-state index contributed by atoms with van der Waals surface area (Å²) < 4.78 is 9.87. The maximum Gasteiger partial charge on any atom is 0.407 e. The van der Waals surface area contributed by atoms with E-state index in [4.69, 9.17) is 9.47 Å². The monoisotopic (exact) mass is 404 g/mol. The minimum absolute atomic E-state index is 0.183. The summed E-state index contributed by atoms with van der Waals surface area (Å²) in [5.74, 6) is -0.633. The standard InChI is InChI=1S/C22H32N2O5/c1-17(2)13-14-19(21(26)28-3)24-20(25)12-8-5-9-15-23-22(27)29-16-18-10-6-4-7-11-18/h4,6-7,10-11,13,19H,5,8-9,12,14-16H2,1-3H3,(H,23,27)(H,24,25)/t19-/m1/s1. The molecule has 0 saturated heterocycles. The highest BCUT2D eigenvalue weighted by Gasteiger charge is 2.19. The van der Waals surface area contributed by atoms with Crippen LogP contribution in [0.3, 0.4) is 0 Å². The fraction of sp³-hybridized carbons (Fsp3) is 0.500. The lowest BCUT2D eigenvalue weighted by Crippen LogP contribution is -2.41. The van der Waals surface area contributed by atoms with Crippen molar-refractivity contribution in [2.24, 2.45) is 0 Å². The number of alkyl carbamates (subject to hydrolysis) is 1. The van der Waals surface area contributed by atoms with Gasteiger partial charge >= 0.3 is 12.1 Å². The molecule has 7 heteroatoms. The number of allylic oxidation sites excluding steroid dienone is 1. The molecule has 0 heterocycles. The van der Waals surface area contributed by atoms with Crippen LogP contribution in [0.15, 0.2) is 42.0 Å². The number of hydrogen-bond donors (Lipinski definition) is 2. The van der Waals surface area contributed by atoms with E-state index in [2.05, 4.69) is 10.6 Å². The van der Waals surface area contributed by atoms with Crippen LogP contribution in [-0.2, 0) is 25.7 Å². The SMILES string of the molecule is COC(=O)[C@@H](CC=C(C)C)NC(=O)CCCCCNC(=O)OCc1ccccc1. The molecular formula is C22H32N2O5.